The first-order valence-corrected chi connectivity index (χ1v) is 11.2. The van der Waals surface area contributed by atoms with E-state index in [2.05, 4.69) is 24.1 Å². The lowest BCUT2D eigenvalue weighted by Gasteiger charge is -2.33. The van der Waals surface area contributed by atoms with Gasteiger partial charge in [-0.2, -0.15) is 0 Å². The Bertz CT molecular complexity index is 686. The van der Waals surface area contributed by atoms with Crippen LogP contribution in [-0.2, 0) is 9.84 Å². The van der Waals surface area contributed by atoms with Gasteiger partial charge in [-0.3, -0.25) is 0 Å². The molecule has 0 spiro atoms. The highest BCUT2D eigenvalue weighted by Gasteiger charge is 2.35. The molecule has 1 heterocycles. The molecule has 0 radical (unpaired) electrons. The Labute approximate surface area is 163 Å². The highest BCUT2D eigenvalue weighted by molar-refractivity contribution is 7.92. The molecule has 1 fully saturated rings. The maximum atomic E-state index is 12.5. The number of nitrogens with one attached hydrogen (secondary N) is 1. The fourth-order valence-corrected chi connectivity index (χ4v) is 4.27. The topological polar surface area (TPSA) is 78.9 Å². The molecule has 0 aromatic heterocycles. The molecule has 1 aliphatic heterocycles. The van der Waals surface area contributed by atoms with Crippen LogP contribution in [0.3, 0.4) is 0 Å². The predicted molar refractivity (Wildman–Crippen MR) is 108 cm³/mol. The first kappa shape index (κ1) is 22.1. The summed E-state index contributed by atoms with van der Waals surface area (Å²) in [7, 11) is -3.59. The first-order valence-electron chi connectivity index (χ1n) is 9.70. The summed E-state index contributed by atoms with van der Waals surface area (Å²) in [5.41, 5.74) is 0. The second-order valence-corrected chi connectivity index (χ2v) is 10.9. The van der Waals surface area contributed by atoms with Crippen molar-refractivity contribution in [2.75, 3.05) is 39.4 Å². The summed E-state index contributed by atoms with van der Waals surface area (Å²) in [5.74, 6) is 1.36. The molecule has 1 aromatic carbocycles. The zero-order valence-electron chi connectivity index (χ0n) is 16.9. The van der Waals surface area contributed by atoms with Gasteiger partial charge in [-0.25, -0.2) is 8.42 Å². The number of aliphatic hydroxyl groups excluding tert-OH is 1. The van der Waals surface area contributed by atoms with Crippen molar-refractivity contribution in [1.82, 2.24) is 10.2 Å². The molecule has 0 aliphatic carbocycles. The third-order valence-electron chi connectivity index (χ3n) is 5.06. The van der Waals surface area contributed by atoms with Crippen LogP contribution in [0.4, 0.5) is 0 Å². The van der Waals surface area contributed by atoms with Crippen LogP contribution in [0.5, 0.6) is 5.75 Å². The molecule has 1 atom stereocenters. The Morgan fingerprint density at radius 2 is 1.96 bits per heavy atom. The molecule has 0 bridgehead atoms. The van der Waals surface area contributed by atoms with Gasteiger partial charge in [0.05, 0.1) is 22.3 Å². The van der Waals surface area contributed by atoms with Crippen LogP contribution < -0.4 is 10.1 Å². The van der Waals surface area contributed by atoms with E-state index in [1.54, 1.807) is 24.3 Å². The molecule has 1 aromatic rings. The predicted octanol–water partition coefficient (Wildman–Crippen LogP) is 1.93. The van der Waals surface area contributed by atoms with E-state index >= 15 is 0 Å². The first-order chi connectivity index (χ1) is 12.7. The van der Waals surface area contributed by atoms with Gasteiger partial charge in [-0.05, 0) is 57.0 Å². The van der Waals surface area contributed by atoms with Gasteiger partial charge < -0.3 is 20.1 Å². The minimum absolute atomic E-state index is 0.199. The van der Waals surface area contributed by atoms with Gasteiger partial charge in [-0.1, -0.05) is 13.8 Å². The van der Waals surface area contributed by atoms with Gasteiger partial charge >= 0.3 is 0 Å². The average molecular weight is 399 g/mol. The summed E-state index contributed by atoms with van der Waals surface area (Å²) in [4.78, 5) is 2.67. The van der Waals surface area contributed by atoms with E-state index in [-0.39, 0.29) is 10.9 Å². The molecular weight excluding hydrogens is 364 g/mol. The lowest BCUT2D eigenvalue weighted by atomic mass is 10.1. The van der Waals surface area contributed by atoms with Gasteiger partial charge in [0.25, 0.3) is 0 Å². The Hall–Kier alpha value is -1.15. The van der Waals surface area contributed by atoms with E-state index in [0.717, 1.165) is 26.2 Å². The van der Waals surface area contributed by atoms with Crippen molar-refractivity contribution < 1.29 is 18.3 Å². The second-order valence-electron chi connectivity index (χ2n) is 8.34. The minimum atomic E-state index is -3.59. The lowest BCUT2D eigenvalue weighted by molar-refractivity contribution is 0.153. The van der Waals surface area contributed by atoms with Crippen molar-refractivity contribution in [3.8, 4) is 5.75 Å². The van der Waals surface area contributed by atoms with Crippen molar-refractivity contribution in [1.29, 1.82) is 0 Å². The standard InChI is InChI=1S/C20H34N2O4S/c1-16(2)9-11-22-12-10-21-17(13-22)14-26-18-5-7-19(8-6-18)27(24,25)20(3,4)15-23/h5-8,16-17,21,23H,9-15H2,1-4H3. The maximum Gasteiger partial charge on any atom is 0.185 e. The zero-order chi connectivity index (χ0) is 20.1. The van der Waals surface area contributed by atoms with E-state index in [4.69, 9.17) is 4.74 Å². The molecule has 1 aliphatic rings. The normalized spacial score (nSPS) is 19.4. The SMILES string of the molecule is CC(C)CCN1CCNC(COc2ccc(S(=O)(=O)C(C)(C)CO)cc2)C1. The fraction of sp³-hybridized carbons (Fsp3) is 0.700. The van der Waals surface area contributed by atoms with Crippen LogP contribution in [-0.4, -0.2) is 68.6 Å². The molecule has 0 amide bonds. The Balaban J connectivity index is 1.90. The van der Waals surface area contributed by atoms with Crippen LogP contribution >= 0.6 is 0 Å². The van der Waals surface area contributed by atoms with Crippen molar-refractivity contribution in [3.63, 3.8) is 0 Å². The van der Waals surface area contributed by atoms with Crippen LogP contribution in [0.15, 0.2) is 29.2 Å². The lowest BCUT2D eigenvalue weighted by Crippen LogP contribution is -2.53. The van der Waals surface area contributed by atoms with Crippen LogP contribution in [0.1, 0.15) is 34.1 Å². The average Bonchev–Trinajstić information content (AvgIpc) is 2.65. The molecule has 6 nitrogen and oxygen atoms in total. The summed E-state index contributed by atoms with van der Waals surface area (Å²) < 4.78 is 29.7. The number of hydrogen-bond donors (Lipinski definition) is 2. The van der Waals surface area contributed by atoms with Crippen molar-refractivity contribution >= 4 is 9.84 Å². The summed E-state index contributed by atoms with van der Waals surface area (Å²) in [6, 6.07) is 6.72. The number of ether oxygens (including phenoxy) is 1. The third kappa shape index (κ3) is 5.91. The number of aliphatic hydroxyl groups is 1. The molecule has 7 heteroatoms. The van der Waals surface area contributed by atoms with Gasteiger partial charge in [0.2, 0.25) is 0 Å². The molecule has 1 saturated heterocycles. The summed E-state index contributed by atoms with van der Waals surface area (Å²) >= 11 is 0. The molecule has 154 valence electrons. The van der Waals surface area contributed by atoms with Gasteiger partial charge in [0.1, 0.15) is 12.4 Å². The second kappa shape index (κ2) is 9.37. The van der Waals surface area contributed by atoms with Gasteiger partial charge in [0, 0.05) is 19.6 Å². The minimum Gasteiger partial charge on any atom is -0.492 e. The number of benzene rings is 1. The van der Waals surface area contributed by atoms with Crippen molar-refractivity contribution in [2.45, 2.75) is 49.8 Å². The van der Waals surface area contributed by atoms with E-state index in [9.17, 15) is 13.5 Å². The highest BCUT2D eigenvalue weighted by Crippen LogP contribution is 2.26. The largest absolute Gasteiger partial charge is 0.492 e. The van der Waals surface area contributed by atoms with E-state index in [1.807, 2.05) is 0 Å². The maximum absolute atomic E-state index is 12.5. The van der Waals surface area contributed by atoms with Crippen LogP contribution in [0.2, 0.25) is 0 Å². The molecule has 1 unspecified atom stereocenters. The van der Waals surface area contributed by atoms with Crippen molar-refractivity contribution in [2.24, 2.45) is 5.92 Å². The van der Waals surface area contributed by atoms with Gasteiger partial charge in [-0.15, -0.1) is 0 Å². The zero-order valence-corrected chi connectivity index (χ0v) is 17.8. The Morgan fingerprint density at radius 1 is 1.30 bits per heavy atom. The van der Waals surface area contributed by atoms with E-state index in [0.29, 0.717) is 18.3 Å². The number of nitrogens with zero attached hydrogens (tertiary/aromatic N) is 1. The van der Waals surface area contributed by atoms with Crippen molar-refractivity contribution in [3.05, 3.63) is 24.3 Å². The Morgan fingerprint density at radius 3 is 2.56 bits per heavy atom. The summed E-state index contributed by atoms with van der Waals surface area (Å²) in [6.07, 6.45) is 1.20. The molecule has 0 saturated carbocycles. The number of hydrogen-bond acceptors (Lipinski definition) is 6. The number of sulfone groups is 1. The number of piperazine rings is 1. The molecule has 27 heavy (non-hydrogen) atoms. The summed E-state index contributed by atoms with van der Waals surface area (Å²) in [5, 5.41) is 12.8. The van der Waals surface area contributed by atoms with Crippen LogP contribution in [0.25, 0.3) is 0 Å². The highest BCUT2D eigenvalue weighted by atomic mass is 32.2. The summed E-state index contributed by atoms with van der Waals surface area (Å²) in [6.45, 7) is 11.8. The van der Waals surface area contributed by atoms with Crippen LogP contribution in [0, 0.1) is 5.92 Å². The molecular formula is C20H34N2O4S. The molecule has 2 rings (SSSR count). The smallest absolute Gasteiger partial charge is 0.185 e. The van der Waals surface area contributed by atoms with E-state index < -0.39 is 21.2 Å². The van der Waals surface area contributed by atoms with E-state index in [1.165, 1.54) is 20.3 Å². The number of rotatable bonds is 9. The fourth-order valence-electron chi connectivity index (χ4n) is 2.97. The Kier molecular flexibility index (Phi) is 7.68. The monoisotopic (exact) mass is 398 g/mol. The quantitative estimate of drug-likeness (QED) is 0.662. The molecule has 2 N–H and O–H groups in total. The third-order valence-corrected chi connectivity index (χ3v) is 7.53. The van der Waals surface area contributed by atoms with Gasteiger partial charge in [0.15, 0.2) is 9.84 Å².